The Bertz CT molecular complexity index is 521. The molecule has 1 aliphatic rings. The lowest BCUT2D eigenvalue weighted by atomic mass is 10.1. The Labute approximate surface area is 132 Å². The van der Waals surface area contributed by atoms with Gasteiger partial charge in [-0.05, 0) is 13.0 Å². The number of benzene rings is 1. The van der Waals surface area contributed by atoms with Gasteiger partial charge in [0.05, 0.1) is 19.8 Å². The summed E-state index contributed by atoms with van der Waals surface area (Å²) in [4.78, 5) is 26.3. The monoisotopic (exact) mass is 354 g/mol. The van der Waals surface area contributed by atoms with Crippen molar-refractivity contribution in [2.24, 2.45) is 0 Å². The van der Waals surface area contributed by atoms with Crippen LogP contribution in [-0.4, -0.2) is 55.5 Å². The van der Waals surface area contributed by atoms with Gasteiger partial charge in [0.1, 0.15) is 6.04 Å². The fraction of sp³-hybridized carbons (Fsp3) is 0.467. The van der Waals surface area contributed by atoms with Crippen LogP contribution in [0.25, 0.3) is 0 Å². The molecule has 114 valence electrons. The van der Waals surface area contributed by atoms with Crippen molar-refractivity contribution in [3.63, 3.8) is 0 Å². The summed E-state index contributed by atoms with van der Waals surface area (Å²) in [6.45, 7) is 4.11. The number of nitrogens with one attached hydrogen (secondary N) is 1. The third-order valence-corrected chi connectivity index (χ3v) is 4.11. The summed E-state index contributed by atoms with van der Waals surface area (Å²) in [7, 11) is 0. The molecule has 2 rings (SSSR count). The molecule has 0 bridgehead atoms. The van der Waals surface area contributed by atoms with Gasteiger partial charge in [-0.3, -0.25) is 14.5 Å². The number of hydrogen-bond donors (Lipinski definition) is 1. The maximum Gasteiger partial charge on any atom is 0.239 e. The molecule has 1 atom stereocenters. The molecule has 1 fully saturated rings. The molecule has 1 unspecified atom stereocenters. The maximum absolute atomic E-state index is 12.4. The van der Waals surface area contributed by atoms with Crippen molar-refractivity contribution in [2.75, 3.05) is 32.8 Å². The number of halogens is 1. The maximum atomic E-state index is 12.4. The van der Waals surface area contributed by atoms with Gasteiger partial charge in [0.2, 0.25) is 5.91 Å². The van der Waals surface area contributed by atoms with Crippen LogP contribution in [0.1, 0.15) is 17.3 Å². The summed E-state index contributed by atoms with van der Waals surface area (Å²) in [5, 5.41) is 2.79. The van der Waals surface area contributed by atoms with Gasteiger partial charge in [-0.2, -0.15) is 0 Å². The topological polar surface area (TPSA) is 58.6 Å². The van der Waals surface area contributed by atoms with Crippen molar-refractivity contribution >= 4 is 27.6 Å². The van der Waals surface area contributed by atoms with Crippen LogP contribution in [0, 0.1) is 0 Å². The van der Waals surface area contributed by atoms with Crippen LogP contribution in [0.5, 0.6) is 0 Å². The van der Waals surface area contributed by atoms with Gasteiger partial charge in [-0.15, -0.1) is 0 Å². The Morgan fingerprint density at radius 2 is 2.19 bits per heavy atom. The smallest absolute Gasteiger partial charge is 0.239 e. The van der Waals surface area contributed by atoms with E-state index >= 15 is 0 Å². The van der Waals surface area contributed by atoms with Crippen LogP contribution in [0.3, 0.4) is 0 Å². The van der Waals surface area contributed by atoms with Gasteiger partial charge in [0, 0.05) is 23.1 Å². The number of ether oxygens (including phenoxy) is 1. The molecule has 1 heterocycles. The average Bonchev–Trinajstić information content (AvgIpc) is 2.48. The first-order valence-corrected chi connectivity index (χ1v) is 7.80. The number of Topliss-reactive ketones (excluding diaryl/α,β-unsaturated/α-hetero) is 1. The van der Waals surface area contributed by atoms with E-state index in [9.17, 15) is 9.59 Å². The summed E-state index contributed by atoms with van der Waals surface area (Å²) >= 11 is 3.39. The molecule has 1 aromatic rings. The Hall–Kier alpha value is -1.24. The number of morpholine rings is 1. The second-order valence-corrected chi connectivity index (χ2v) is 5.71. The van der Waals surface area contributed by atoms with Gasteiger partial charge in [0.15, 0.2) is 5.78 Å². The molecule has 1 amide bonds. The van der Waals surface area contributed by atoms with E-state index in [0.29, 0.717) is 31.9 Å². The molecule has 21 heavy (non-hydrogen) atoms. The minimum absolute atomic E-state index is 0.00123. The third-order valence-electron chi connectivity index (χ3n) is 3.41. The van der Waals surface area contributed by atoms with Gasteiger partial charge in [-0.1, -0.05) is 34.1 Å². The Morgan fingerprint density at radius 3 is 2.90 bits per heavy atom. The second kappa shape index (κ2) is 7.68. The van der Waals surface area contributed by atoms with E-state index in [2.05, 4.69) is 21.2 Å². The fourth-order valence-corrected chi connectivity index (χ4v) is 2.82. The number of likely N-dealkylation sites (N-methyl/N-ethyl adjacent to an activating group) is 1. The summed E-state index contributed by atoms with van der Waals surface area (Å²) in [5.74, 6) is -0.0872. The van der Waals surface area contributed by atoms with Crippen molar-refractivity contribution in [3.8, 4) is 0 Å². The van der Waals surface area contributed by atoms with Crippen LogP contribution in [0.4, 0.5) is 0 Å². The van der Waals surface area contributed by atoms with Crippen LogP contribution in [0.2, 0.25) is 0 Å². The molecule has 1 N–H and O–H groups in total. The lowest BCUT2D eigenvalue weighted by Crippen LogP contribution is -2.55. The Kier molecular flexibility index (Phi) is 5.90. The highest BCUT2D eigenvalue weighted by Crippen LogP contribution is 2.18. The van der Waals surface area contributed by atoms with Crippen molar-refractivity contribution in [2.45, 2.75) is 13.0 Å². The average molecular weight is 355 g/mol. The molecule has 6 heteroatoms. The number of rotatable bonds is 5. The molecule has 1 aromatic carbocycles. The highest BCUT2D eigenvalue weighted by atomic mass is 79.9. The molecule has 0 saturated carbocycles. The highest BCUT2D eigenvalue weighted by molar-refractivity contribution is 9.10. The molecule has 0 aromatic heterocycles. The molecule has 1 saturated heterocycles. The molecule has 0 aliphatic carbocycles. The minimum atomic E-state index is -0.398. The summed E-state index contributed by atoms with van der Waals surface area (Å²) in [5.41, 5.74) is 0.638. The quantitative estimate of drug-likeness (QED) is 0.813. The van der Waals surface area contributed by atoms with Crippen LogP contribution in [-0.2, 0) is 9.53 Å². The van der Waals surface area contributed by atoms with Crippen LogP contribution in [0.15, 0.2) is 28.7 Å². The van der Waals surface area contributed by atoms with Crippen LogP contribution >= 0.6 is 15.9 Å². The van der Waals surface area contributed by atoms with E-state index in [1.807, 2.05) is 30.0 Å². The van der Waals surface area contributed by atoms with Crippen molar-refractivity contribution in [1.29, 1.82) is 0 Å². The number of ketones is 1. The van der Waals surface area contributed by atoms with E-state index in [1.165, 1.54) is 0 Å². The zero-order valence-corrected chi connectivity index (χ0v) is 13.6. The zero-order chi connectivity index (χ0) is 15.2. The van der Waals surface area contributed by atoms with Crippen molar-refractivity contribution in [1.82, 2.24) is 10.2 Å². The second-order valence-electron chi connectivity index (χ2n) is 4.86. The molecule has 1 aliphatic heterocycles. The fourth-order valence-electron chi connectivity index (χ4n) is 2.32. The van der Waals surface area contributed by atoms with Gasteiger partial charge in [0.25, 0.3) is 0 Å². The number of amides is 1. The SMILES string of the molecule is CCNC(=O)C1COCCN1CC(=O)c1ccccc1Br. The Balaban J connectivity index is 2.07. The minimum Gasteiger partial charge on any atom is -0.378 e. The van der Waals surface area contributed by atoms with Gasteiger partial charge >= 0.3 is 0 Å². The zero-order valence-electron chi connectivity index (χ0n) is 12.0. The molecular weight excluding hydrogens is 336 g/mol. The number of carbonyl (C=O) groups excluding carboxylic acids is 2. The lowest BCUT2D eigenvalue weighted by molar-refractivity contribution is -0.131. The largest absolute Gasteiger partial charge is 0.378 e. The normalized spacial score (nSPS) is 19.2. The lowest BCUT2D eigenvalue weighted by Gasteiger charge is -2.33. The van der Waals surface area contributed by atoms with Crippen LogP contribution < -0.4 is 5.32 Å². The van der Waals surface area contributed by atoms with Crippen molar-refractivity contribution < 1.29 is 14.3 Å². The Morgan fingerprint density at radius 1 is 1.43 bits per heavy atom. The summed E-state index contributed by atoms with van der Waals surface area (Å²) in [6, 6.07) is 6.93. The predicted molar refractivity (Wildman–Crippen MR) is 83.3 cm³/mol. The predicted octanol–water partition coefficient (Wildman–Crippen LogP) is 1.47. The molecule has 5 nitrogen and oxygen atoms in total. The first kappa shape index (κ1) is 16.1. The molecular formula is C15H19BrN2O3. The van der Waals surface area contributed by atoms with Gasteiger partial charge < -0.3 is 10.1 Å². The van der Waals surface area contributed by atoms with E-state index in [0.717, 1.165) is 4.47 Å². The van der Waals surface area contributed by atoms with Gasteiger partial charge in [-0.25, -0.2) is 0 Å². The van der Waals surface area contributed by atoms with E-state index in [1.54, 1.807) is 6.07 Å². The number of carbonyl (C=O) groups is 2. The highest BCUT2D eigenvalue weighted by Gasteiger charge is 2.30. The first-order valence-electron chi connectivity index (χ1n) is 7.00. The summed E-state index contributed by atoms with van der Waals surface area (Å²) in [6.07, 6.45) is 0. The molecule has 0 radical (unpaired) electrons. The van der Waals surface area contributed by atoms with E-state index < -0.39 is 6.04 Å². The molecule has 0 spiro atoms. The third kappa shape index (κ3) is 4.12. The van der Waals surface area contributed by atoms with Crippen molar-refractivity contribution in [3.05, 3.63) is 34.3 Å². The number of hydrogen-bond acceptors (Lipinski definition) is 4. The van der Waals surface area contributed by atoms with E-state index in [4.69, 9.17) is 4.74 Å². The summed E-state index contributed by atoms with van der Waals surface area (Å²) < 4.78 is 6.14. The first-order chi connectivity index (χ1) is 10.1. The standard InChI is InChI=1S/C15H19BrN2O3/c1-2-17-15(20)13-10-21-8-7-18(13)9-14(19)11-5-3-4-6-12(11)16/h3-6,13H,2,7-10H2,1H3,(H,17,20). The number of nitrogens with zero attached hydrogens (tertiary/aromatic N) is 1. The van der Waals surface area contributed by atoms with E-state index in [-0.39, 0.29) is 18.2 Å².